The van der Waals surface area contributed by atoms with Crippen molar-refractivity contribution in [2.45, 2.75) is 31.8 Å². The minimum absolute atomic E-state index is 0.0132. The first kappa shape index (κ1) is 11.7. The second-order valence-corrected chi connectivity index (χ2v) is 4.65. The monoisotopic (exact) mass is 246 g/mol. The standard InChI is InChI=1S/C14H18N2O2/c1-2-17-14-13(18-14)11(15)7-9-8-16-12-6-4-3-5-10(9)12/h3-6,8,11,13-14,16H,2,7,15H2,1H3/t11-,13?,14?/m0/s1. The summed E-state index contributed by atoms with van der Waals surface area (Å²) in [4.78, 5) is 3.26. The fraction of sp³-hybridized carbons (Fsp3) is 0.429. The Morgan fingerprint density at radius 1 is 1.44 bits per heavy atom. The molecule has 0 aliphatic carbocycles. The molecule has 1 aliphatic rings. The number of H-pyrrole nitrogens is 1. The van der Waals surface area contributed by atoms with Crippen LogP contribution in [0.4, 0.5) is 0 Å². The number of ether oxygens (including phenoxy) is 2. The highest BCUT2D eigenvalue weighted by atomic mass is 16.8. The highest BCUT2D eigenvalue weighted by molar-refractivity contribution is 5.83. The molecule has 1 aromatic carbocycles. The fourth-order valence-electron chi connectivity index (χ4n) is 2.38. The van der Waals surface area contributed by atoms with E-state index in [0.717, 1.165) is 11.9 Å². The quantitative estimate of drug-likeness (QED) is 0.791. The molecule has 18 heavy (non-hydrogen) atoms. The molecule has 3 rings (SSSR count). The minimum Gasteiger partial charge on any atom is -0.361 e. The molecule has 1 fully saturated rings. The van der Waals surface area contributed by atoms with Gasteiger partial charge in [-0.25, -0.2) is 0 Å². The number of benzene rings is 1. The summed E-state index contributed by atoms with van der Waals surface area (Å²) in [6.45, 7) is 2.63. The maximum Gasteiger partial charge on any atom is 0.185 e. The van der Waals surface area contributed by atoms with Gasteiger partial charge in [0.05, 0.1) is 0 Å². The molecule has 4 heteroatoms. The van der Waals surface area contributed by atoms with Crippen molar-refractivity contribution in [2.75, 3.05) is 6.61 Å². The maximum absolute atomic E-state index is 6.16. The lowest BCUT2D eigenvalue weighted by Crippen LogP contribution is -2.30. The summed E-state index contributed by atoms with van der Waals surface area (Å²) in [5.41, 5.74) is 8.55. The smallest absolute Gasteiger partial charge is 0.185 e. The Kier molecular flexibility index (Phi) is 3.07. The Balaban J connectivity index is 1.69. The molecule has 1 aliphatic heterocycles. The third kappa shape index (κ3) is 2.14. The van der Waals surface area contributed by atoms with E-state index < -0.39 is 0 Å². The summed E-state index contributed by atoms with van der Waals surface area (Å²) in [5.74, 6) is 0. The molecule has 3 atom stereocenters. The zero-order valence-corrected chi connectivity index (χ0v) is 10.4. The van der Waals surface area contributed by atoms with E-state index >= 15 is 0 Å². The lowest BCUT2D eigenvalue weighted by Gasteiger charge is -2.07. The Labute approximate surface area is 106 Å². The molecular formula is C14H18N2O2. The largest absolute Gasteiger partial charge is 0.361 e. The molecule has 0 amide bonds. The second kappa shape index (κ2) is 4.72. The third-order valence-electron chi connectivity index (χ3n) is 3.37. The molecule has 1 aromatic heterocycles. The molecule has 0 bridgehead atoms. The first-order valence-corrected chi connectivity index (χ1v) is 6.37. The number of epoxide rings is 1. The summed E-state index contributed by atoms with van der Waals surface area (Å²) in [5, 5.41) is 1.24. The van der Waals surface area contributed by atoms with Crippen LogP contribution in [0.3, 0.4) is 0 Å². The lowest BCUT2D eigenvalue weighted by molar-refractivity contribution is 0.0593. The molecule has 2 unspecified atom stereocenters. The second-order valence-electron chi connectivity index (χ2n) is 4.65. The number of nitrogens with one attached hydrogen (secondary N) is 1. The summed E-state index contributed by atoms with van der Waals surface area (Å²) in [6.07, 6.45) is 2.77. The first-order valence-electron chi connectivity index (χ1n) is 6.37. The van der Waals surface area contributed by atoms with Crippen LogP contribution in [0.2, 0.25) is 0 Å². The van der Waals surface area contributed by atoms with Crippen LogP contribution < -0.4 is 5.73 Å². The number of hydrogen-bond acceptors (Lipinski definition) is 3. The topological polar surface area (TPSA) is 63.6 Å². The summed E-state index contributed by atoms with van der Waals surface area (Å²) < 4.78 is 10.8. The van der Waals surface area contributed by atoms with E-state index in [0.29, 0.717) is 6.61 Å². The van der Waals surface area contributed by atoms with Crippen LogP contribution in [-0.4, -0.2) is 30.0 Å². The van der Waals surface area contributed by atoms with Crippen molar-refractivity contribution in [1.82, 2.24) is 4.98 Å². The number of aromatic amines is 1. The zero-order chi connectivity index (χ0) is 12.5. The van der Waals surface area contributed by atoms with Crippen LogP contribution in [0, 0.1) is 0 Å². The molecule has 96 valence electrons. The van der Waals surface area contributed by atoms with Crippen molar-refractivity contribution in [2.24, 2.45) is 5.73 Å². The van der Waals surface area contributed by atoms with E-state index in [-0.39, 0.29) is 18.4 Å². The Bertz CT molecular complexity index is 537. The molecule has 2 heterocycles. The van der Waals surface area contributed by atoms with Crippen molar-refractivity contribution in [3.05, 3.63) is 36.0 Å². The highest BCUT2D eigenvalue weighted by Gasteiger charge is 2.44. The van der Waals surface area contributed by atoms with Crippen molar-refractivity contribution >= 4 is 10.9 Å². The summed E-state index contributed by atoms with van der Waals surface area (Å²) >= 11 is 0. The van der Waals surface area contributed by atoms with E-state index in [1.165, 1.54) is 10.9 Å². The number of para-hydroxylation sites is 1. The SMILES string of the molecule is CCOC1OC1[C@@H](N)Cc1c[nH]c2ccccc12. The van der Waals surface area contributed by atoms with Gasteiger partial charge in [-0.1, -0.05) is 18.2 Å². The van der Waals surface area contributed by atoms with Crippen molar-refractivity contribution in [3.8, 4) is 0 Å². The predicted molar refractivity (Wildman–Crippen MR) is 70.3 cm³/mol. The van der Waals surface area contributed by atoms with Gasteiger partial charge in [0.1, 0.15) is 6.10 Å². The lowest BCUT2D eigenvalue weighted by atomic mass is 10.0. The van der Waals surface area contributed by atoms with E-state index in [2.05, 4.69) is 17.1 Å². The van der Waals surface area contributed by atoms with Gasteiger partial charge in [0, 0.05) is 29.7 Å². The van der Waals surface area contributed by atoms with Gasteiger partial charge in [-0.15, -0.1) is 0 Å². The van der Waals surface area contributed by atoms with Crippen molar-refractivity contribution in [3.63, 3.8) is 0 Å². The molecule has 2 aromatic rings. The Morgan fingerprint density at radius 2 is 2.28 bits per heavy atom. The number of rotatable bonds is 5. The minimum atomic E-state index is -0.102. The fourth-order valence-corrected chi connectivity index (χ4v) is 2.38. The van der Waals surface area contributed by atoms with Crippen LogP contribution in [0.15, 0.2) is 30.5 Å². The van der Waals surface area contributed by atoms with Crippen molar-refractivity contribution < 1.29 is 9.47 Å². The van der Waals surface area contributed by atoms with E-state index in [1.807, 2.05) is 25.3 Å². The molecule has 0 spiro atoms. The molecule has 3 N–H and O–H groups in total. The van der Waals surface area contributed by atoms with Gasteiger partial charge in [-0.3, -0.25) is 0 Å². The molecule has 4 nitrogen and oxygen atoms in total. The molecular weight excluding hydrogens is 228 g/mol. The van der Waals surface area contributed by atoms with Crippen molar-refractivity contribution in [1.29, 1.82) is 0 Å². The van der Waals surface area contributed by atoms with E-state index in [4.69, 9.17) is 15.2 Å². The Morgan fingerprint density at radius 3 is 3.11 bits per heavy atom. The average molecular weight is 246 g/mol. The zero-order valence-electron chi connectivity index (χ0n) is 10.4. The number of aromatic nitrogens is 1. The molecule has 0 radical (unpaired) electrons. The molecule has 0 saturated carbocycles. The summed E-state index contributed by atoms with van der Waals surface area (Å²) in [6, 6.07) is 8.24. The Hall–Kier alpha value is -1.36. The first-order chi connectivity index (χ1) is 8.79. The average Bonchev–Trinajstić information content (AvgIpc) is 3.04. The predicted octanol–water partition coefficient (Wildman–Crippen LogP) is 1.80. The van der Waals surface area contributed by atoms with Crippen LogP contribution in [0.5, 0.6) is 0 Å². The molecule has 1 saturated heterocycles. The van der Waals surface area contributed by atoms with Crippen LogP contribution >= 0.6 is 0 Å². The summed E-state index contributed by atoms with van der Waals surface area (Å²) in [7, 11) is 0. The van der Waals surface area contributed by atoms with Gasteiger partial charge < -0.3 is 20.2 Å². The van der Waals surface area contributed by atoms with Crippen LogP contribution in [0.25, 0.3) is 10.9 Å². The van der Waals surface area contributed by atoms with Gasteiger partial charge in [0.15, 0.2) is 6.29 Å². The normalized spacial score (nSPS) is 24.3. The third-order valence-corrected chi connectivity index (χ3v) is 3.37. The number of hydrogen-bond donors (Lipinski definition) is 2. The van der Waals surface area contributed by atoms with Crippen LogP contribution in [-0.2, 0) is 15.9 Å². The van der Waals surface area contributed by atoms with Crippen LogP contribution in [0.1, 0.15) is 12.5 Å². The van der Waals surface area contributed by atoms with Gasteiger partial charge in [0.2, 0.25) is 0 Å². The van der Waals surface area contributed by atoms with E-state index in [1.54, 1.807) is 0 Å². The maximum atomic E-state index is 6.16. The highest BCUT2D eigenvalue weighted by Crippen LogP contribution is 2.28. The number of fused-ring (bicyclic) bond motifs is 1. The van der Waals surface area contributed by atoms with Gasteiger partial charge >= 0.3 is 0 Å². The van der Waals surface area contributed by atoms with E-state index in [9.17, 15) is 0 Å². The number of nitrogens with two attached hydrogens (primary N) is 1. The van der Waals surface area contributed by atoms with Gasteiger partial charge in [0.25, 0.3) is 0 Å². The van der Waals surface area contributed by atoms with Gasteiger partial charge in [-0.2, -0.15) is 0 Å². The van der Waals surface area contributed by atoms with Gasteiger partial charge in [-0.05, 0) is 25.0 Å².